The van der Waals surface area contributed by atoms with Gasteiger partial charge in [0.1, 0.15) is 0 Å². The van der Waals surface area contributed by atoms with Crippen molar-refractivity contribution in [2.24, 2.45) is 0 Å². The first-order valence-electron chi connectivity index (χ1n) is 7.19. The lowest BCUT2D eigenvalue weighted by Gasteiger charge is -2.28. The SMILES string of the molecule is CC(C)(Cc1ccccc1)NCC(O)c1cccc(Cl)c1. The van der Waals surface area contributed by atoms with Crippen LogP contribution < -0.4 is 5.32 Å². The highest BCUT2D eigenvalue weighted by Crippen LogP contribution is 2.19. The fraction of sp³-hybridized carbons (Fsp3) is 0.333. The predicted molar refractivity (Wildman–Crippen MR) is 88.6 cm³/mol. The third-order valence-corrected chi connectivity index (χ3v) is 3.73. The molecule has 0 aromatic heterocycles. The number of hydrogen-bond acceptors (Lipinski definition) is 2. The van der Waals surface area contributed by atoms with E-state index in [2.05, 4.69) is 31.3 Å². The molecule has 2 aromatic carbocycles. The third kappa shape index (κ3) is 5.16. The predicted octanol–water partition coefficient (Wildman–Crippen LogP) is 3.98. The van der Waals surface area contributed by atoms with Crippen molar-refractivity contribution in [1.29, 1.82) is 0 Å². The van der Waals surface area contributed by atoms with Crippen LogP contribution in [-0.4, -0.2) is 17.2 Å². The van der Waals surface area contributed by atoms with Crippen molar-refractivity contribution in [2.75, 3.05) is 6.54 Å². The molecule has 0 saturated carbocycles. The van der Waals surface area contributed by atoms with Crippen LogP contribution in [0.25, 0.3) is 0 Å². The number of aliphatic hydroxyl groups is 1. The lowest BCUT2D eigenvalue weighted by Crippen LogP contribution is -2.43. The summed E-state index contributed by atoms with van der Waals surface area (Å²) in [5, 5.41) is 14.3. The molecule has 2 N–H and O–H groups in total. The van der Waals surface area contributed by atoms with E-state index in [1.165, 1.54) is 5.56 Å². The second-order valence-electron chi connectivity index (χ2n) is 6.00. The zero-order chi connectivity index (χ0) is 15.3. The molecule has 0 amide bonds. The Balaban J connectivity index is 1.92. The van der Waals surface area contributed by atoms with Crippen molar-refractivity contribution in [3.05, 3.63) is 70.7 Å². The minimum atomic E-state index is -0.557. The van der Waals surface area contributed by atoms with Crippen LogP contribution in [0.3, 0.4) is 0 Å². The van der Waals surface area contributed by atoms with Crippen LogP contribution >= 0.6 is 11.6 Å². The largest absolute Gasteiger partial charge is 0.387 e. The van der Waals surface area contributed by atoms with Crippen LogP contribution in [0.4, 0.5) is 0 Å². The fourth-order valence-electron chi connectivity index (χ4n) is 2.37. The number of nitrogens with one attached hydrogen (secondary N) is 1. The molecule has 0 aliphatic rings. The van der Waals surface area contributed by atoms with E-state index in [0.717, 1.165) is 12.0 Å². The van der Waals surface area contributed by atoms with Gasteiger partial charge in [-0.25, -0.2) is 0 Å². The van der Waals surface area contributed by atoms with Crippen LogP contribution in [0.1, 0.15) is 31.1 Å². The maximum Gasteiger partial charge on any atom is 0.0915 e. The topological polar surface area (TPSA) is 32.3 Å². The molecular formula is C18H22ClNO. The Hall–Kier alpha value is -1.35. The van der Waals surface area contributed by atoms with Gasteiger partial charge in [-0.1, -0.05) is 54.1 Å². The Labute approximate surface area is 131 Å². The second-order valence-corrected chi connectivity index (χ2v) is 6.43. The van der Waals surface area contributed by atoms with Gasteiger partial charge in [0, 0.05) is 17.1 Å². The first kappa shape index (κ1) is 16.0. The molecule has 0 radical (unpaired) electrons. The van der Waals surface area contributed by atoms with Crippen LogP contribution in [0.15, 0.2) is 54.6 Å². The van der Waals surface area contributed by atoms with Gasteiger partial charge in [0.2, 0.25) is 0 Å². The number of halogens is 1. The van der Waals surface area contributed by atoms with E-state index in [4.69, 9.17) is 11.6 Å². The Morgan fingerprint density at radius 3 is 2.48 bits per heavy atom. The lowest BCUT2D eigenvalue weighted by molar-refractivity contribution is 0.160. The number of benzene rings is 2. The van der Waals surface area contributed by atoms with Gasteiger partial charge in [-0.2, -0.15) is 0 Å². The highest BCUT2D eigenvalue weighted by molar-refractivity contribution is 6.30. The van der Waals surface area contributed by atoms with E-state index in [1.807, 2.05) is 36.4 Å². The maximum absolute atomic E-state index is 10.3. The summed E-state index contributed by atoms with van der Waals surface area (Å²) in [6.07, 6.45) is 0.356. The molecular weight excluding hydrogens is 282 g/mol. The molecule has 0 heterocycles. The van der Waals surface area contributed by atoms with Crippen LogP contribution in [-0.2, 0) is 6.42 Å². The Morgan fingerprint density at radius 2 is 1.81 bits per heavy atom. The average Bonchev–Trinajstić information content (AvgIpc) is 2.45. The quantitative estimate of drug-likeness (QED) is 0.846. The molecule has 0 saturated heterocycles. The molecule has 2 rings (SSSR count). The van der Waals surface area contributed by atoms with Crippen molar-refractivity contribution >= 4 is 11.6 Å². The third-order valence-electron chi connectivity index (χ3n) is 3.50. The highest BCUT2D eigenvalue weighted by atomic mass is 35.5. The van der Waals surface area contributed by atoms with Gasteiger partial charge >= 0.3 is 0 Å². The average molecular weight is 304 g/mol. The molecule has 0 aliphatic heterocycles. The number of aliphatic hydroxyl groups excluding tert-OH is 1. The van der Waals surface area contributed by atoms with E-state index >= 15 is 0 Å². The second kappa shape index (κ2) is 7.08. The zero-order valence-electron chi connectivity index (χ0n) is 12.5. The van der Waals surface area contributed by atoms with Crippen molar-refractivity contribution in [3.63, 3.8) is 0 Å². The number of β-amino-alcohol motifs (C(OH)–C–C–N with tert-alkyl or cyclic N) is 1. The normalized spacial score (nSPS) is 13.1. The first-order valence-corrected chi connectivity index (χ1v) is 7.56. The van der Waals surface area contributed by atoms with Crippen LogP contribution in [0.2, 0.25) is 5.02 Å². The summed E-state index contributed by atoms with van der Waals surface area (Å²) in [5.74, 6) is 0. The molecule has 1 atom stereocenters. The molecule has 0 spiro atoms. The van der Waals surface area contributed by atoms with E-state index in [9.17, 15) is 5.11 Å². The van der Waals surface area contributed by atoms with Gasteiger partial charge in [-0.05, 0) is 43.5 Å². The summed E-state index contributed by atoms with van der Waals surface area (Å²) < 4.78 is 0. The van der Waals surface area contributed by atoms with E-state index < -0.39 is 6.10 Å². The van der Waals surface area contributed by atoms with Crippen molar-refractivity contribution < 1.29 is 5.11 Å². The van der Waals surface area contributed by atoms with Crippen molar-refractivity contribution in [2.45, 2.75) is 31.9 Å². The van der Waals surface area contributed by atoms with E-state index in [-0.39, 0.29) is 5.54 Å². The smallest absolute Gasteiger partial charge is 0.0915 e. The number of rotatable bonds is 6. The van der Waals surface area contributed by atoms with Crippen LogP contribution in [0, 0.1) is 0 Å². The standard InChI is InChI=1S/C18H22ClNO/c1-18(2,12-14-7-4-3-5-8-14)20-13-17(21)15-9-6-10-16(19)11-15/h3-11,17,20-21H,12-13H2,1-2H3. The summed E-state index contributed by atoms with van der Waals surface area (Å²) in [6.45, 7) is 4.79. The zero-order valence-corrected chi connectivity index (χ0v) is 13.3. The van der Waals surface area contributed by atoms with Gasteiger partial charge in [0.25, 0.3) is 0 Å². The fourth-order valence-corrected chi connectivity index (χ4v) is 2.57. The summed E-state index contributed by atoms with van der Waals surface area (Å²) in [6, 6.07) is 17.7. The maximum atomic E-state index is 10.3. The molecule has 1 unspecified atom stereocenters. The van der Waals surface area contributed by atoms with Gasteiger partial charge in [0.05, 0.1) is 6.10 Å². The van der Waals surface area contributed by atoms with Gasteiger partial charge < -0.3 is 10.4 Å². The first-order chi connectivity index (χ1) is 9.96. The summed E-state index contributed by atoms with van der Waals surface area (Å²) in [5.41, 5.74) is 2.04. The van der Waals surface area contributed by atoms with Crippen LogP contribution in [0.5, 0.6) is 0 Å². The molecule has 0 bridgehead atoms. The Morgan fingerprint density at radius 1 is 1.10 bits per heavy atom. The lowest BCUT2D eigenvalue weighted by atomic mass is 9.94. The highest BCUT2D eigenvalue weighted by Gasteiger charge is 2.19. The molecule has 2 aromatic rings. The summed E-state index contributed by atoms with van der Waals surface area (Å²) in [7, 11) is 0. The van der Waals surface area contributed by atoms with Gasteiger partial charge in [-0.3, -0.25) is 0 Å². The number of hydrogen-bond donors (Lipinski definition) is 2. The van der Waals surface area contributed by atoms with Gasteiger partial charge in [0.15, 0.2) is 0 Å². The molecule has 2 nitrogen and oxygen atoms in total. The molecule has 0 aliphatic carbocycles. The van der Waals surface area contributed by atoms with Gasteiger partial charge in [-0.15, -0.1) is 0 Å². The molecule has 3 heteroatoms. The summed E-state index contributed by atoms with van der Waals surface area (Å²) in [4.78, 5) is 0. The van der Waals surface area contributed by atoms with E-state index in [0.29, 0.717) is 11.6 Å². The summed E-state index contributed by atoms with van der Waals surface area (Å²) >= 11 is 5.95. The van der Waals surface area contributed by atoms with E-state index in [1.54, 1.807) is 6.07 Å². The monoisotopic (exact) mass is 303 g/mol. The molecule has 0 fully saturated rings. The minimum Gasteiger partial charge on any atom is -0.387 e. The molecule has 112 valence electrons. The Bertz CT molecular complexity index is 568. The Kier molecular flexibility index (Phi) is 5.40. The minimum absolute atomic E-state index is 0.0824. The van der Waals surface area contributed by atoms with Crippen molar-refractivity contribution in [3.8, 4) is 0 Å². The van der Waals surface area contributed by atoms with Crippen molar-refractivity contribution in [1.82, 2.24) is 5.32 Å². The molecule has 21 heavy (non-hydrogen) atoms.